The Morgan fingerprint density at radius 2 is 1.70 bits per heavy atom. The standard InChI is InChI=1S/C20H23N5O4S/c1-26-14-8-12(9-15(27-2)17(14)28-3)19-23-21-16(29-19)10-30-20-24-22-18(11-4-5-11)25(20)13-6-7-13/h8-9,11,13H,4-7,10H2,1-3H3. The van der Waals surface area contributed by atoms with Crippen LogP contribution in [0.3, 0.4) is 0 Å². The van der Waals surface area contributed by atoms with Crippen molar-refractivity contribution in [2.75, 3.05) is 21.3 Å². The molecule has 0 saturated heterocycles. The van der Waals surface area contributed by atoms with Crippen molar-refractivity contribution < 1.29 is 18.6 Å². The van der Waals surface area contributed by atoms with E-state index in [1.54, 1.807) is 45.2 Å². The van der Waals surface area contributed by atoms with Gasteiger partial charge in [-0.1, -0.05) is 11.8 Å². The molecule has 0 radical (unpaired) electrons. The molecule has 9 nitrogen and oxygen atoms in total. The number of hydrogen-bond acceptors (Lipinski definition) is 9. The molecule has 2 aliphatic rings. The van der Waals surface area contributed by atoms with Gasteiger partial charge in [0.25, 0.3) is 0 Å². The van der Waals surface area contributed by atoms with Crippen LogP contribution < -0.4 is 14.2 Å². The topological polar surface area (TPSA) is 97.3 Å². The molecule has 5 rings (SSSR count). The third-order valence-electron chi connectivity index (χ3n) is 5.25. The van der Waals surface area contributed by atoms with Gasteiger partial charge in [0.05, 0.1) is 27.1 Å². The highest BCUT2D eigenvalue weighted by molar-refractivity contribution is 7.98. The lowest BCUT2D eigenvalue weighted by atomic mass is 10.2. The third-order valence-corrected chi connectivity index (χ3v) is 6.18. The molecular weight excluding hydrogens is 406 g/mol. The zero-order valence-corrected chi connectivity index (χ0v) is 17.9. The van der Waals surface area contributed by atoms with Crippen LogP contribution in [0.2, 0.25) is 0 Å². The van der Waals surface area contributed by atoms with Crippen LogP contribution >= 0.6 is 11.8 Å². The highest BCUT2D eigenvalue weighted by Gasteiger charge is 2.36. The lowest BCUT2D eigenvalue weighted by Gasteiger charge is -2.12. The molecule has 0 amide bonds. The highest BCUT2D eigenvalue weighted by Crippen LogP contribution is 2.46. The summed E-state index contributed by atoms with van der Waals surface area (Å²) in [5, 5.41) is 18.2. The summed E-state index contributed by atoms with van der Waals surface area (Å²) in [6.45, 7) is 0. The van der Waals surface area contributed by atoms with Crippen molar-refractivity contribution >= 4 is 11.8 Å². The van der Waals surface area contributed by atoms with Gasteiger partial charge in [-0.2, -0.15) is 0 Å². The van der Waals surface area contributed by atoms with E-state index in [-0.39, 0.29) is 0 Å². The van der Waals surface area contributed by atoms with Crippen molar-refractivity contribution in [1.29, 1.82) is 0 Å². The molecular formula is C20H23N5O4S. The molecule has 2 fully saturated rings. The van der Waals surface area contributed by atoms with Crippen molar-refractivity contribution in [3.05, 3.63) is 23.8 Å². The Balaban J connectivity index is 1.34. The van der Waals surface area contributed by atoms with E-state index in [0.29, 0.717) is 52.3 Å². The Morgan fingerprint density at radius 3 is 2.30 bits per heavy atom. The van der Waals surface area contributed by atoms with E-state index in [9.17, 15) is 0 Å². The Labute approximate surface area is 178 Å². The van der Waals surface area contributed by atoms with Crippen molar-refractivity contribution in [3.8, 4) is 28.7 Å². The van der Waals surface area contributed by atoms with Gasteiger partial charge in [0.2, 0.25) is 17.5 Å². The Kier molecular flexibility index (Phi) is 5.01. The summed E-state index contributed by atoms with van der Waals surface area (Å²) in [6, 6.07) is 4.13. The first-order chi connectivity index (χ1) is 14.7. The zero-order valence-electron chi connectivity index (χ0n) is 17.1. The monoisotopic (exact) mass is 429 g/mol. The molecule has 30 heavy (non-hydrogen) atoms. The zero-order chi connectivity index (χ0) is 20.7. The normalized spacial score (nSPS) is 16.0. The van der Waals surface area contributed by atoms with E-state index >= 15 is 0 Å². The second-order valence-electron chi connectivity index (χ2n) is 7.42. The van der Waals surface area contributed by atoms with Gasteiger partial charge in [0.1, 0.15) is 5.82 Å². The maximum Gasteiger partial charge on any atom is 0.248 e. The maximum atomic E-state index is 5.89. The molecule has 0 atom stereocenters. The molecule has 10 heteroatoms. The largest absolute Gasteiger partial charge is 0.493 e. The minimum Gasteiger partial charge on any atom is -0.493 e. The minimum absolute atomic E-state index is 0.396. The summed E-state index contributed by atoms with van der Waals surface area (Å²) in [4.78, 5) is 0. The fourth-order valence-electron chi connectivity index (χ4n) is 3.44. The van der Waals surface area contributed by atoms with Crippen LogP contribution in [0, 0.1) is 0 Å². The van der Waals surface area contributed by atoms with Gasteiger partial charge < -0.3 is 23.2 Å². The van der Waals surface area contributed by atoms with Gasteiger partial charge in [-0.25, -0.2) is 0 Å². The Hall–Kier alpha value is -2.75. The molecule has 0 spiro atoms. The van der Waals surface area contributed by atoms with E-state index in [0.717, 1.165) is 11.0 Å². The molecule has 2 heterocycles. The second kappa shape index (κ2) is 7.82. The Morgan fingerprint density at radius 1 is 0.967 bits per heavy atom. The summed E-state index contributed by atoms with van der Waals surface area (Å²) in [5.41, 5.74) is 0.699. The van der Waals surface area contributed by atoms with Crippen molar-refractivity contribution in [2.45, 2.75) is 48.6 Å². The quantitative estimate of drug-likeness (QED) is 0.470. The van der Waals surface area contributed by atoms with Gasteiger partial charge in [-0.15, -0.1) is 20.4 Å². The van der Waals surface area contributed by atoms with Crippen molar-refractivity contribution in [2.24, 2.45) is 0 Å². The van der Waals surface area contributed by atoms with Gasteiger partial charge in [0, 0.05) is 17.5 Å². The van der Waals surface area contributed by atoms with Crippen LogP contribution in [-0.4, -0.2) is 46.3 Å². The van der Waals surface area contributed by atoms with Gasteiger partial charge in [0.15, 0.2) is 16.7 Å². The first kappa shape index (κ1) is 19.2. The van der Waals surface area contributed by atoms with Crippen molar-refractivity contribution in [3.63, 3.8) is 0 Å². The SMILES string of the molecule is COc1cc(-c2nnc(CSc3nnc(C4CC4)n3C3CC3)o2)cc(OC)c1OC. The number of thioether (sulfide) groups is 1. The lowest BCUT2D eigenvalue weighted by Crippen LogP contribution is -2.01. The van der Waals surface area contributed by atoms with Crippen LogP contribution in [0.5, 0.6) is 17.2 Å². The van der Waals surface area contributed by atoms with Crippen LogP contribution in [-0.2, 0) is 5.75 Å². The molecule has 0 aliphatic heterocycles. The highest BCUT2D eigenvalue weighted by atomic mass is 32.2. The summed E-state index contributed by atoms with van der Waals surface area (Å²) >= 11 is 1.59. The number of benzene rings is 1. The smallest absolute Gasteiger partial charge is 0.248 e. The molecule has 2 aromatic heterocycles. The summed E-state index contributed by atoms with van der Waals surface area (Å²) < 4.78 is 24.4. The number of rotatable bonds is 9. The number of methoxy groups -OCH3 is 3. The maximum absolute atomic E-state index is 5.89. The first-order valence-electron chi connectivity index (χ1n) is 9.92. The van der Waals surface area contributed by atoms with Gasteiger partial charge in [-0.05, 0) is 37.8 Å². The van der Waals surface area contributed by atoms with Crippen LogP contribution in [0.1, 0.15) is 49.4 Å². The first-order valence-corrected chi connectivity index (χ1v) is 10.9. The predicted molar refractivity (Wildman–Crippen MR) is 109 cm³/mol. The summed E-state index contributed by atoms with van der Waals surface area (Å²) in [6.07, 6.45) is 4.85. The Bertz CT molecular complexity index is 1030. The van der Waals surface area contributed by atoms with E-state index < -0.39 is 0 Å². The average molecular weight is 430 g/mol. The van der Waals surface area contributed by atoms with E-state index in [1.165, 1.54) is 25.7 Å². The second-order valence-corrected chi connectivity index (χ2v) is 8.36. The number of hydrogen-bond donors (Lipinski definition) is 0. The van der Waals surface area contributed by atoms with Crippen LogP contribution in [0.25, 0.3) is 11.5 Å². The number of nitrogens with zero attached hydrogens (tertiary/aromatic N) is 5. The molecule has 0 bridgehead atoms. The van der Waals surface area contributed by atoms with Crippen molar-refractivity contribution in [1.82, 2.24) is 25.0 Å². The molecule has 0 unspecified atom stereocenters. The van der Waals surface area contributed by atoms with Crippen LogP contribution in [0.4, 0.5) is 0 Å². The predicted octanol–water partition coefficient (Wildman–Crippen LogP) is 3.86. The van der Waals surface area contributed by atoms with E-state index in [1.807, 2.05) is 0 Å². The molecule has 1 aromatic carbocycles. The average Bonchev–Trinajstić information content (AvgIpc) is 3.71. The minimum atomic E-state index is 0.396. The third kappa shape index (κ3) is 3.60. The molecule has 3 aromatic rings. The fourth-order valence-corrected chi connectivity index (χ4v) is 4.29. The molecule has 2 saturated carbocycles. The van der Waals surface area contributed by atoms with Gasteiger partial charge >= 0.3 is 0 Å². The van der Waals surface area contributed by atoms with E-state index in [2.05, 4.69) is 25.0 Å². The number of aromatic nitrogens is 5. The van der Waals surface area contributed by atoms with Crippen LogP contribution in [0.15, 0.2) is 21.7 Å². The van der Waals surface area contributed by atoms with E-state index in [4.69, 9.17) is 18.6 Å². The molecule has 2 aliphatic carbocycles. The molecule has 0 N–H and O–H groups in total. The van der Waals surface area contributed by atoms with Gasteiger partial charge in [-0.3, -0.25) is 0 Å². The fraction of sp³-hybridized carbons (Fsp3) is 0.500. The lowest BCUT2D eigenvalue weighted by molar-refractivity contribution is 0.324. The number of ether oxygens (including phenoxy) is 3. The summed E-state index contributed by atoms with van der Waals surface area (Å²) in [7, 11) is 4.71. The summed E-state index contributed by atoms with van der Waals surface area (Å²) in [5.74, 6) is 4.77. The molecule has 158 valence electrons.